The fourth-order valence-electron chi connectivity index (χ4n) is 2.01. The molecule has 0 spiro atoms. The molecule has 0 saturated heterocycles. The van der Waals surface area contributed by atoms with Crippen LogP contribution in [0.1, 0.15) is 25.7 Å². The van der Waals surface area contributed by atoms with Gasteiger partial charge in [0.05, 0.1) is 0 Å². The van der Waals surface area contributed by atoms with Crippen molar-refractivity contribution in [3.05, 3.63) is 42.0 Å². The standard InChI is InChI=1S/C14H17NO2/c16-13(10-11-6-4-5-7-11)14(17)15-12-8-2-1-3-9-12/h1-3,6,8-9,13,16H,4-5,7,10H2,(H,15,17)/t13-/m0/s1. The molecule has 1 aliphatic carbocycles. The van der Waals surface area contributed by atoms with E-state index in [1.807, 2.05) is 18.2 Å². The molecule has 3 heteroatoms. The summed E-state index contributed by atoms with van der Waals surface area (Å²) in [6, 6.07) is 9.19. The van der Waals surface area contributed by atoms with E-state index in [2.05, 4.69) is 11.4 Å². The highest BCUT2D eigenvalue weighted by Gasteiger charge is 2.18. The fourth-order valence-corrected chi connectivity index (χ4v) is 2.01. The highest BCUT2D eigenvalue weighted by Crippen LogP contribution is 2.22. The number of amides is 1. The SMILES string of the molecule is O=C(Nc1ccccc1)[C@@H](O)CC1=CCCC1. The third kappa shape index (κ3) is 3.43. The Kier molecular flexibility index (Phi) is 3.94. The van der Waals surface area contributed by atoms with Gasteiger partial charge in [-0.2, -0.15) is 0 Å². The van der Waals surface area contributed by atoms with Gasteiger partial charge in [-0.3, -0.25) is 4.79 Å². The van der Waals surface area contributed by atoms with E-state index in [1.165, 1.54) is 5.57 Å². The lowest BCUT2D eigenvalue weighted by molar-refractivity contribution is -0.123. The van der Waals surface area contributed by atoms with Crippen molar-refractivity contribution in [2.75, 3.05) is 5.32 Å². The van der Waals surface area contributed by atoms with E-state index in [0.717, 1.165) is 24.9 Å². The number of para-hydroxylation sites is 1. The molecule has 0 bridgehead atoms. The number of benzene rings is 1. The molecule has 90 valence electrons. The predicted molar refractivity (Wildman–Crippen MR) is 67.6 cm³/mol. The Hall–Kier alpha value is -1.61. The van der Waals surface area contributed by atoms with Crippen LogP contribution in [-0.4, -0.2) is 17.1 Å². The van der Waals surface area contributed by atoms with Crippen LogP contribution >= 0.6 is 0 Å². The number of hydrogen-bond donors (Lipinski definition) is 2. The monoisotopic (exact) mass is 231 g/mol. The van der Waals surface area contributed by atoms with Gasteiger partial charge in [0.25, 0.3) is 5.91 Å². The average Bonchev–Trinajstić information content (AvgIpc) is 2.83. The quantitative estimate of drug-likeness (QED) is 0.782. The van der Waals surface area contributed by atoms with Crippen molar-refractivity contribution >= 4 is 11.6 Å². The van der Waals surface area contributed by atoms with Crippen LogP contribution in [0.25, 0.3) is 0 Å². The van der Waals surface area contributed by atoms with Crippen molar-refractivity contribution in [3.63, 3.8) is 0 Å². The molecule has 0 saturated carbocycles. The lowest BCUT2D eigenvalue weighted by Crippen LogP contribution is -2.27. The molecule has 0 unspecified atom stereocenters. The van der Waals surface area contributed by atoms with Crippen LogP contribution in [0.5, 0.6) is 0 Å². The van der Waals surface area contributed by atoms with Gasteiger partial charge < -0.3 is 10.4 Å². The Morgan fingerprint density at radius 3 is 2.76 bits per heavy atom. The summed E-state index contributed by atoms with van der Waals surface area (Å²) >= 11 is 0. The smallest absolute Gasteiger partial charge is 0.253 e. The molecular formula is C14H17NO2. The Labute approximate surface area is 101 Å². The van der Waals surface area contributed by atoms with E-state index >= 15 is 0 Å². The topological polar surface area (TPSA) is 49.3 Å². The van der Waals surface area contributed by atoms with Crippen molar-refractivity contribution in [1.29, 1.82) is 0 Å². The molecular weight excluding hydrogens is 214 g/mol. The van der Waals surface area contributed by atoms with E-state index in [0.29, 0.717) is 6.42 Å². The fraction of sp³-hybridized carbons (Fsp3) is 0.357. The van der Waals surface area contributed by atoms with Crippen molar-refractivity contribution in [2.45, 2.75) is 31.8 Å². The van der Waals surface area contributed by atoms with Gasteiger partial charge in [0, 0.05) is 12.1 Å². The van der Waals surface area contributed by atoms with Crippen molar-refractivity contribution in [3.8, 4) is 0 Å². The first-order valence-corrected chi connectivity index (χ1v) is 5.97. The summed E-state index contributed by atoms with van der Waals surface area (Å²) in [5.41, 5.74) is 1.91. The lowest BCUT2D eigenvalue weighted by Gasteiger charge is -2.11. The molecule has 1 aromatic rings. The Bertz CT molecular complexity index is 411. The summed E-state index contributed by atoms with van der Waals surface area (Å²) in [7, 11) is 0. The number of nitrogens with one attached hydrogen (secondary N) is 1. The second-order valence-corrected chi connectivity index (χ2v) is 4.33. The number of hydrogen-bond acceptors (Lipinski definition) is 2. The van der Waals surface area contributed by atoms with Crippen LogP contribution in [0.15, 0.2) is 42.0 Å². The second kappa shape index (κ2) is 5.64. The third-order valence-electron chi connectivity index (χ3n) is 2.93. The number of carbonyl (C=O) groups is 1. The molecule has 2 rings (SSSR count). The molecule has 0 fully saturated rings. The van der Waals surface area contributed by atoms with Gasteiger partial charge in [-0.25, -0.2) is 0 Å². The molecule has 17 heavy (non-hydrogen) atoms. The van der Waals surface area contributed by atoms with Crippen LogP contribution in [0.3, 0.4) is 0 Å². The van der Waals surface area contributed by atoms with Gasteiger partial charge in [-0.1, -0.05) is 29.8 Å². The van der Waals surface area contributed by atoms with Gasteiger partial charge in [0.15, 0.2) is 0 Å². The normalized spacial score (nSPS) is 16.4. The third-order valence-corrected chi connectivity index (χ3v) is 2.93. The summed E-state index contributed by atoms with van der Waals surface area (Å²) in [6.07, 6.45) is 4.86. The molecule has 1 aliphatic rings. The van der Waals surface area contributed by atoms with Gasteiger partial charge in [0.1, 0.15) is 6.10 Å². The maximum atomic E-state index is 11.7. The largest absolute Gasteiger partial charge is 0.383 e. The van der Waals surface area contributed by atoms with Crippen LogP contribution in [-0.2, 0) is 4.79 Å². The summed E-state index contributed by atoms with van der Waals surface area (Å²) in [5, 5.41) is 12.5. The Balaban J connectivity index is 1.87. The number of allylic oxidation sites excluding steroid dienone is 1. The van der Waals surface area contributed by atoms with E-state index in [1.54, 1.807) is 12.1 Å². The van der Waals surface area contributed by atoms with Crippen LogP contribution in [0, 0.1) is 0 Å². The molecule has 0 aromatic heterocycles. The van der Waals surface area contributed by atoms with Crippen LogP contribution in [0.4, 0.5) is 5.69 Å². The molecule has 0 heterocycles. The average molecular weight is 231 g/mol. The maximum Gasteiger partial charge on any atom is 0.253 e. The van der Waals surface area contributed by atoms with Crippen molar-refractivity contribution in [1.82, 2.24) is 0 Å². The van der Waals surface area contributed by atoms with Crippen molar-refractivity contribution < 1.29 is 9.90 Å². The molecule has 2 N–H and O–H groups in total. The first-order valence-electron chi connectivity index (χ1n) is 5.97. The summed E-state index contributed by atoms with van der Waals surface area (Å²) in [4.78, 5) is 11.7. The first kappa shape index (κ1) is 11.9. The number of rotatable bonds is 4. The van der Waals surface area contributed by atoms with Gasteiger partial charge in [-0.05, 0) is 31.4 Å². The highest BCUT2D eigenvalue weighted by atomic mass is 16.3. The highest BCUT2D eigenvalue weighted by molar-refractivity contribution is 5.94. The molecule has 1 amide bonds. The minimum absolute atomic E-state index is 0.330. The van der Waals surface area contributed by atoms with E-state index in [-0.39, 0.29) is 5.91 Å². The zero-order valence-electron chi connectivity index (χ0n) is 9.73. The Morgan fingerprint density at radius 1 is 1.35 bits per heavy atom. The van der Waals surface area contributed by atoms with Gasteiger partial charge in [0.2, 0.25) is 0 Å². The van der Waals surface area contributed by atoms with Crippen molar-refractivity contribution in [2.24, 2.45) is 0 Å². The number of carbonyl (C=O) groups excluding carboxylic acids is 1. The zero-order chi connectivity index (χ0) is 12.1. The van der Waals surface area contributed by atoms with Crippen LogP contribution < -0.4 is 5.32 Å². The minimum Gasteiger partial charge on any atom is -0.383 e. The number of anilines is 1. The molecule has 1 atom stereocenters. The molecule has 3 nitrogen and oxygen atoms in total. The predicted octanol–water partition coefficient (Wildman–Crippen LogP) is 2.49. The number of aliphatic hydroxyl groups is 1. The van der Waals surface area contributed by atoms with E-state index in [4.69, 9.17) is 0 Å². The first-order chi connectivity index (χ1) is 8.25. The summed E-state index contributed by atoms with van der Waals surface area (Å²) < 4.78 is 0. The summed E-state index contributed by atoms with van der Waals surface area (Å²) in [5.74, 6) is -0.330. The molecule has 0 radical (unpaired) electrons. The zero-order valence-corrected chi connectivity index (χ0v) is 9.73. The van der Waals surface area contributed by atoms with Gasteiger partial charge >= 0.3 is 0 Å². The van der Waals surface area contributed by atoms with Gasteiger partial charge in [-0.15, -0.1) is 0 Å². The van der Waals surface area contributed by atoms with E-state index < -0.39 is 6.10 Å². The van der Waals surface area contributed by atoms with E-state index in [9.17, 15) is 9.90 Å². The number of aliphatic hydroxyl groups excluding tert-OH is 1. The molecule has 1 aromatic carbocycles. The minimum atomic E-state index is -0.945. The Morgan fingerprint density at radius 2 is 2.12 bits per heavy atom. The van der Waals surface area contributed by atoms with Crippen LogP contribution in [0.2, 0.25) is 0 Å². The second-order valence-electron chi connectivity index (χ2n) is 4.33. The maximum absolute atomic E-state index is 11.7. The molecule has 0 aliphatic heterocycles. The summed E-state index contributed by atoms with van der Waals surface area (Å²) in [6.45, 7) is 0. The lowest BCUT2D eigenvalue weighted by atomic mass is 10.1.